The molecule has 2 aliphatic carbocycles. The first kappa shape index (κ1) is 33.0. The van der Waals surface area contributed by atoms with Crippen molar-refractivity contribution in [1.29, 1.82) is 0 Å². The molecule has 0 bridgehead atoms. The summed E-state index contributed by atoms with van der Waals surface area (Å²) in [5.74, 6) is 0. The molecular formula is C45H52Zr. The van der Waals surface area contributed by atoms with Gasteiger partial charge < -0.3 is 0 Å². The number of hydrogen-bond donors (Lipinski definition) is 0. The summed E-state index contributed by atoms with van der Waals surface area (Å²) >= 11 is -2.85. The van der Waals surface area contributed by atoms with Crippen molar-refractivity contribution in [2.45, 2.75) is 102 Å². The molecule has 0 fully saturated rings. The molecule has 6 rings (SSSR count). The van der Waals surface area contributed by atoms with Crippen molar-refractivity contribution in [3.63, 3.8) is 0 Å². The summed E-state index contributed by atoms with van der Waals surface area (Å²) in [5, 5.41) is 0. The normalized spacial score (nSPS) is 15.0. The van der Waals surface area contributed by atoms with E-state index in [-0.39, 0.29) is 10.8 Å². The third-order valence-electron chi connectivity index (χ3n) is 10.4. The zero-order valence-corrected chi connectivity index (χ0v) is 32.1. The van der Waals surface area contributed by atoms with Crippen LogP contribution in [0.4, 0.5) is 0 Å². The number of rotatable bonds is 7. The Morgan fingerprint density at radius 2 is 1.04 bits per heavy atom. The molecule has 0 N–H and O–H groups in total. The second-order valence-electron chi connectivity index (χ2n) is 15.3. The zero-order valence-electron chi connectivity index (χ0n) is 29.6. The minimum atomic E-state index is -2.85. The third-order valence-corrected chi connectivity index (χ3v) is 18.9. The van der Waals surface area contributed by atoms with Crippen molar-refractivity contribution in [3.8, 4) is 11.1 Å². The molecule has 4 aromatic carbocycles. The van der Waals surface area contributed by atoms with Gasteiger partial charge in [0.05, 0.1) is 0 Å². The van der Waals surface area contributed by atoms with E-state index in [2.05, 4.69) is 159 Å². The molecule has 1 heteroatoms. The summed E-state index contributed by atoms with van der Waals surface area (Å²) in [4.78, 5) is 0. The van der Waals surface area contributed by atoms with Crippen molar-refractivity contribution in [3.05, 3.63) is 150 Å². The Morgan fingerprint density at radius 1 is 0.587 bits per heavy atom. The van der Waals surface area contributed by atoms with E-state index in [1.54, 1.807) is 31.1 Å². The summed E-state index contributed by atoms with van der Waals surface area (Å²) in [6, 6.07) is 37.9. The Kier molecular flexibility index (Phi) is 9.31. The van der Waals surface area contributed by atoms with Crippen LogP contribution < -0.4 is 0 Å². The molecular weight excluding hydrogens is 632 g/mol. The van der Waals surface area contributed by atoms with Gasteiger partial charge in [-0.3, -0.25) is 0 Å². The summed E-state index contributed by atoms with van der Waals surface area (Å²) < 4.78 is 3.91. The Hall–Kier alpha value is -2.89. The third kappa shape index (κ3) is 5.99. The first-order valence-electron chi connectivity index (χ1n) is 17.6. The summed E-state index contributed by atoms with van der Waals surface area (Å²) in [7, 11) is 0. The standard InChI is InChI=1S/C21H25.C13H10.C11H17.Zr/c1-20(2,3)16-7-9-18-14(12-16)11-15-13-17(21(4,5)6)8-10-19(15)18;1-3-7-12(8-4-1)11-13-9-5-2-6-10-13;1-4-9-7-8-10(5-2)11(9)6-3;/h7-13H,1-6H3;1-10H;4-7H2,1-3H3;. The first-order chi connectivity index (χ1) is 22.0. The quantitative estimate of drug-likeness (QED) is 0.182. The van der Waals surface area contributed by atoms with E-state index in [1.165, 1.54) is 39.8 Å². The molecule has 0 heterocycles. The van der Waals surface area contributed by atoms with Crippen LogP contribution in [0, 0.1) is 0 Å². The van der Waals surface area contributed by atoms with Crippen molar-refractivity contribution in [2.75, 3.05) is 0 Å². The second kappa shape index (κ2) is 13.0. The Bertz CT molecular complexity index is 1750. The summed E-state index contributed by atoms with van der Waals surface area (Å²) in [6.45, 7) is 21.4. The molecule has 0 nitrogen and oxygen atoms in total. The van der Waals surface area contributed by atoms with Crippen LogP contribution in [0.1, 0.15) is 125 Å². The molecule has 236 valence electrons. The number of fused-ring (bicyclic) bond motifs is 3. The number of hydrogen-bond acceptors (Lipinski definition) is 0. The van der Waals surface area contributed by atoms with Gasteiger partial charge in [-0.1, -0.05) is 0 Å². The molecule has 2 aliphatic rings. The van der Waals surface area contributed by atoms with Crippen LogP contribution in [-0.4, -0.2) is 3.21 Å². The van der Waals surface area contributed by atoms with Crippen molar-refractivity contribution in [1.82, 2.24) is 0 Å². The molecule has 0 amide bonds. The van der Waals surface area contributed by atoms with E-state index >= 15 is 0 Å². The zero-order chi connectivity index (χ0) is 32.8. The van der Waals surface area contributed by atoms with Gasteiger partial charge in [-0.25, -0.2) is 0 Å². The molecule has 0 aromatic heterocycles. The summed E-state index contributed by atoms with van der Waals surface area (Å²) in [5.41, 5.74) is 17.1. The second-order valence-corrected chi connectivity index (χ2v) is 21.5. The van der Waals surface area contributed by atoms with Gasteiger partial charge in [-0.2, -0.15) is 0 Å². The monoisotopic (exact) mass is 682 g/mol. The Morgan fingerprint density at radius 3 is 1.43 bits per heavy atom. The molecule has 0 aliphatic heterocycles. The molecule has 4 aromatic rings. The Balaban J connectivity index is 1.80. The van der Waals surface area contributed by atoms with Gasteiger partial charge in [0, 0.05) is 0 Å². The van der Waals surface area contributed by atoms with Crippen LogP contribution in [-0.2, 0) is 32.1 Å². The van der Waals surface area contributed by atoms with Gasteiger partial charge >= 0.3 is 288 Å². The van der Waals surface area contributed by atoms with E-state index < -0.39 is 21.3 Å². The van der Waals surface area contributed by atoms with Crippen LogP contribution in [0.2, 0.25) is 0 Å². The molecule has 46 heavy (non-hydrogen) atoms. The minimum absolute atomic E-state index is 0.0906. The van der Waals surface area contributed by atoms with E-state index in [1.807, 2.05) is 3.28 Å². The van der Waals surface area contributed by atoms with Crippen molar-refractivity contribution >= 4 is 3.21 Å². The maximum atomic E-state index is 2.63. The number of allylic oxidation sites excluding steroid dienone is 4. The van der Waals surface area contributed by atoms with Gasteiger partial charge in [0.25, 0.3) is 0 Å². The van der Waals surface area contributed by atoms with Gasteiger partial charge in [0.1, 0.15) is 0 Å². The molecule has 0 saturated heterocycles. The van der Waals surface area contributed by atoms with Crippen molar-refractivity contribution in [2.24, 2.45) is 0 Å². The Labute approximate surface area is 286 Å². The van der Waals surface area contributed by atoms with Crippen LogP contribution in [0.25, 0.3) is 11.1 Å². The first-order valence-corrected chi connectivity index (χ1v) is 21.4. The SMILES string of the molecule is CCC1=C(CC)C(CC)=[C]([Zr](=[C](c2ccccc2)c2ccccc2)[CH]2c3cc(C(C)(C)C)ccc3-c3ccc(C(C)(C)C)cc32)C1. The van der Waals surface area contributed by atoms with E-state index in [4.69, 9.17) is 0 Å². The van der Waals surface area contributed by atoms with Gasteiger partial charge in [-0.15, -0.1) is 0 Å². The fourth-order valence-corrected chi connectivity index (χ4v) is 17.9. The van der Waals surface area contributed by atoms with Crippen LogP contribution in [0.5, 0.6) is 0 Å². The molecule has 0 unspecified atom stereocenters. The molecule has 0 radical (unpaired) electrons. The van der Waals surface area contributed by atoms with Crippen LogP contribution in [0.3, 0.4) is 0 Å². The van der Waals surface area contributed by atoms with Crippen molar-refractivity contribution < 1.29 is 21.3 Å². The summed E-state index contributed by atoms with van der Waals surface area (Å²) in [6.07, 6.45) is 4.58. The molecule has 0 spiro atoms. The average Bonchev–Trinajstić information content (AvgIpc) is 3.57. The predicted molar refractivity (Wildman–Crippen MR) is 197 cm³/mol. The fourth-order valence-electron chi connectivity index (χ4n) is 7.97. The van der Waals surface area contributed by atoms with E-state index in [0.29, 0.717) is 3.63 Å². The van der Waals surface area contributed by atoms with Crippen LogP contribution >= 0.6 is 0 Å². The predicted octanol–water partition coefficient (Wildman–Crippen LogP) is 12.4. The van der Waals surface area contributed by atoms with Gasteiger partial charge in [0.15, 0.2) is 0 Å². The van der Waals surface area contributed by atoms with Crippen LogP contribution in [0.15, 0.2) is 117 Å². The van der Waals surface area contributed by atoms with Gasteiger partial charge in [0.2, 0.25) is 0 Å². The van der Waals surface area contributed by atoms with Gasteiger partial charge in [-0.05, 0) is 0 Å². The number of benzene rings is 4. The average molecular weight is 684 g/mol. The van der Waals surface area contributed by atoms with E-state index in [0.717, 1.165) is 19.3 Å². The molecule has 0 saturated carbocycles. The maximum absolute atomic E-state index is 2.85. The topological polar surface area (TPSA) is 0 Å². The van der Waals surface area contributed by atoms with E-state index in [9.17, 15) is 0 Å². The fraction of sp³-hybridized carbons (Fsp3) is 0.356. The molecule has 0 atom stereocenters.